The van der Waals surface area contributed by atoms with Crippen LogP contribution in [0.25, 0.3) is 22.3 Å². The van der Waals surface area contributed by atoms with Crippen molar-refractivity contribution in [3.63, 3.8) is 0 Å². The van der Waals surface area contributed by atoms with Crippen LogP contribution in [-0.4, -0.2) is 4.98 Å². The summed E-state index contributed by atoms with van der Waals surface area (Å²) in [5.74, 6) is -2.00. The van der Waals surface area contributed by atoms with Gasteiger partial charge in [-0.1, -0.05) is 61.9 Å². The van der Waals surface area contributed by atoms with Crippen molar-refractivity contribution in [1.82, 2.24) is 4.98 Å². The average molecular weight is 323 g/mol. The molecular formula is C21H19F2N. The van der Waals surface area contributed by atoms with Crippen molar-refractivity contribution in [2.45, 2.75) is 26.2 Å². The van der Waals surface area contributed by atoms with Crippen LogP contribution in [0.5, 0.6) is 0 Å². The largest absolute Gasteiger partial charge is 0.248 e. The number of aryl methyl sites for hydroxylation is 1. The minimum Gasteiger partial charge on any atom is -0.225 e. The molecular weight excluding hydrogens is 304 g/mol. The molecule has 3 heteroatoms. The number of pyridine rings is 1. The summed E-state index contributed by atoms with van der Waals surface area (Å²) in [7, 11) is 0. The fourth-order valence-corrected chi connectivity index (χ4v) is 2.68. The molecule has 0 aliphatic rings. The van der Waals surface area contributed by atoms with Crippen LogP contribution in [0.2, 0.25) is 0 Å². The quantitative estimate of drug-likeness (QED) is 0.522. The Hall–Kier alpha value is -2.55. The maximum atomic E-state index is 13.3. The van der Waals surface area contributed by atoms with Crippen LogP contribution < -0.4 is 0 Å². The smallest absolute Gasteiger partial charge is 0.225 e. The molecule has 0 aliphatic carbocycles. The monoisotopic (exact) mass is 323 g/mol. The molecule has 0 unspecified atom stereocenters. The highest BCUT2D eigenvalue weighted by atomic mass is 19.2. The number of halogens is 2. The zero-order chi connectivity index (χ0) is 16.9. The molecule has 0 saturated heterocycles. The Morgan fingerprint density at radius 1 is 0.792 bits per heavy atom. The molecule has 0 fully saturated rings. The SMILES string of the molecule is CCCCc1ccc(-c2ccc(-c3cnc(F)c(F)c3)cc2)cc1. The predicted octanol–water partition coefficient (Wildman–Crippen LogP) is 6.04. The van der Waals surface area contributed by atoms with Gasteiger partial charge in [-0.15, -0.1) is 0 Å². The standard InChI is InChI=1S/C21H19F2N/c1-2-3-4-15-5-7-16(8-6-15)17-9-11-18(12-10-17)19-13-20(22)21(23)24-14-19/h5-14H,2-4H2,1H3. The molecule has 0 radical (unpaired) electrons. The molecule has 0 atom stereocenters. The van der Waals surface area contributed by atoms with Gasteiger partial charge in [-0.05, 0) is 41.2 Å². The number of unbranched alkanes of at least 4 members (excludes halogenated alkanes) is 1. The van der Waals surface area contributed by atoms with Crippen LogP contribution in [0.4, 0.5) is 8.78 Å². The molecule has 1 aromatic heterocycles. The van der Waals surface area contributed by atoms with E-state index in [1.807, 2.05) is 24.3 Å². The van der Waals surface area contributed by atoms with Crippen molar-refractivity contribution in [1.29, 1.82) is 0 Å². The summed E-state index contributed by atoms with van der Waals surface area (Å²) in [5.41, 5.74) is 4.96. The maximum Gasteiger partial charge on any atom is 0.248 e. The first-order valence-electron chi connectivity index (χ1n) is 8.18. The van der Waals surface area contributed by atoms with Crippen molar-refractivity contribution >= 4 is 0 Å². The van der Waals surface area contributed by atoms with E-state index in [4.69, 9.17) is 0 Å². The number of rotatable bonds is 5. The summed E-state index contributed by atoms with van der Waals surface area (Å²) in [5, 5.41) is 0. The van der Waals surface area contributed by atoms with E-state index >= 15 is 0 Å². The van der Waals surface area contributed by atoms with Crippen molar-refractivity contribution in [3.05, 3.63) is 78.1 Å². The van der Waals surface area contributed by atoms with Gasteiger partial charge in [-0.25, -0.2) is 9.37 Å². The third-order valence-electron chi connectivity index (χ3n) is 4.12. The lowest BCUT2D eigenvalue weighted by Crippen LogP contribution is -1.90. The van der Waals surface area contributed by atoms with Gasteiger partial charge in [0.2, 0.25) is 5.95 Å². The molecule has 0 amide bonds. The van der Waals surface area contributed by atoms with E-state index in [-0.39, 0.29) is 0 Å². The molecule has 24 heavy (non-hydrogen) atoms. The summed E-state index contributed by atoms with van der Waals surface area (Å²) in [6, 6.07) is 17.5. The van der Waals surface area contributed by atoms with Crippen LogP contribution in [0.3, 0.4) is 0 Å². The molecule has 0 saturated carbocycles. The van der Waals surface area contributed by atoms with Gasteiger partial charge in [0, 0.05) is 11.8 Å². The van der Waals surface area contributed by atoms with Crippen molar-refractivity contribution in [3.8, 4) is 22.3 Å². The lowest BCUT2D eigenvalue weighted by molar-refractivity contribution is 0.480. The van der Waals surface area contributed by atoms with Crippen molar-refractivity contribution in [2.75, 3.05) is 0 Å². The van der Waals surface area contributed by atoms with Crippen LogP contribution in [0, 0.1) is 11.8 Å². The number of aromatic nitrogens is 1. The van der Waals surface area contributed by atoms with E-state index < -0.39 is 11.8 Å². The summed E-state index contributed by atoms with van der Waals surface area (Å²) >= 11 is 0. The molecule has 0 bridgehead atoms. The first-order chi connectivity index (χ1) is 11.7. The second kappa shape index (κ2) is 7.35. The Labute approximate surface area is 141 Å². The Morgan fingerprint density at radius 3 is 1.88 bits per heavy atom. The number of benzene rings is 2. The van der Waals surface area contributed by atoms with Gasteiger partial charge in [-0.3, -0.25) is 0 Å². The van der Waals surface area contributed by atoms with E-state index in [1.165, 1.54) is 30.7 Å². The number of nitrogens with zero attached hydrogens (tertiary/aromatic N) is 1. The molecule has 1 nitrogen and oxygen atoms in total. The summed E-state index contributed by atoms with van der Waals surface area (Å²) in [6.45, 7) is 2.19. The average Bonchev–Trinajstić information content (AvgIpc) is 2.63. The van der Waals surface area contributed by atoms with Crippen LogP contribution in [0.1, 0.15) is 25.3 Å². The van der Waals surface area contributed by atoms with E-state index in [0.717, 1.165) is 23.1 Å². The highest BCUT2D eigenvalue weighted by Gasteiger charge is 2.06. The topological polar surface area (TPSA) is 12.9 Å². The first kappa shape index (κ1) is 16.3. The van der Waals surface area contributed by atoms with E-state index in [1.54, 1.807) is 0 Å². The van der Waals surface area contributed by atoms with Gasteiger partial charge in [0.05, 0.1) is 0 Å². The zero-order valence-electron chi connectivity index (χ0n) is 13.6. The molecule has 3 aromatic rings. The molecule has 0 spiro atoms. The third kappa shape index (κ3) is 3.67. The second-order valence-electron chi connectivity index (χ2n) is 5.87. The van der Waals surface area contributed by atoms with Gasteiger partial charge < -0.3 is 0 Å². The zero-order valence-corrected chi connectivity index (χ0v) is 13.6. The second-order valence-corrected chi connectivity index (χ2v) is 5.87. The summed E-state index contributed by atoms with van der Waals surface area (Å²) < 4.78 is 26.2. The highest BCUT2D eigenvalue weighted by molar-refractivity contribution is 5.70. The van der Waals surface area contributed by atoms with E-state index in [9.17, 15) is 8.78 Å². The predicted molar refractivity (Wildman–Crippen MR) is 93.6 cm³/mol. The van der Waals surface area contributed by atoms with Crippen LogP contribution >= 0.6 is 0 Å². The van der Waals surface area contributed by atoms with Gasteiger partial charge in [-0.2, -0.15) is 4.39 Å². The molecule has 1 heterocycles. The third-order valence-corrected chi connectivity index (χ3v) is 4.12. The van der Waals surface area contributed by atoms with Crippen LogP contribution in [0.15, 0.2) is 60.8 Å². The van der Waals surface area contributed by atoms with Crippen molar-refractivity contribution < 1.29 is 8.78 Å². The fourth-order valence-electron chi connectivity index (χ4n) is 2.68. The highest BCUT2D eigenvalue weighted by Crippen LogP contribution is 2.25. The Morgan fingerprint density at radius 2 is 1.33 bits per heavy atom. The Balaban J connectivity index is 1.80. The lowest BCUT2D eigenvalue weighted by Gasteiger charge is -2.06. The molecule has 0 N–H and O–H groups in total. The van der Waals surface area contributed by atoms with E-state index in [2.05, 4.69) is 36.2 Å². The fraction of sp³-hybridized carbons (Fsp3) is 0.190. The van der Waals surface area contributed by atoms with Gasteiger partial charge in [0.1, 0.15) is 0 Å². The number of hydrogen-bond acceptors (Lipinski definition) is 1. The lowest BCUT2D eigenvalue weighted by atomic mass is 9.99. The minimum atomic E-state index is -1.07. The normalized spacial score (nSPS) is 10.8. The summed E-state index contributed by atoms with van der Waals surface area (Å²) in [4.78, 5) is 3.43. The van der Waals surface area contributed by atoms with Gasteiger partial charge >= 0.3 is 0 Å². The molecule has 2 aromatic carbocycles. The number of hydrogen-bond donors (Lipinski definition) is 0. The Bertz CT molecular complexity index is 808. The van der Waals surface area contributed by atoms with E-state index in [0.29, 0.717) is 5.56 Å². The molecule has 0 aliphatic heterocycles. The maximum absolute atomic E-state index is 13.3. The molecule has 122 valence electrons. The van der Waals surface area contributed by atoms with Gasteiger partial charge in [0.15, 0.2) is 5.82 Å². The van der Waals surface area contributed by atoms with Gasteiger partial charge in [0.25, 0.3) is 0 Å². The minimum absolute atomic E-state index is 0.565. The summed E-state index contributed by atoms with van der Waals surface area (Å²) in [6.07, 6.45) is 4.85. The van der Waals surface area contributed by atoms with Crippen LogP contribution in [-0.2, 0) is 6.42 Å². The molecule has 3 rings (SSSR count). The van der Waals surface area contributed by atoms with Crippen molar-refractivity contribution in [2.24, 2.45) is 0 Å². The Kier molecular flexibility index (Phi) is 4.99. The first-order valence-corrected chi connectivity index (χ1v) is 8.18.